The number of methoxy groups -OCH3 is 1. The lowest BCUT2D eigenvalue weighted by molar-refractivity contribution is 0.411. The molecule has 3 N–H and O–H groups in total. The summed E-state index contributed by atoms with van der Waals surface area (Å²) >= 11 is 0. The molecule has 0 aliphatic heterocycles. The van der Waals surface area contributed by atoms with E-state index in [1.807, 2.05) is 19.1 Å². The van der Waals surface area contributed by atoms with E-state index >= 15 is 0 Å². The number of nitrogens with two attached hydrogens (primary N) is 1. The highest BCUT2D eigenvalue weighted by molar-refractivity contribution is 5.66. The molecule has 0 aliphatic carbocycles. The molecule has 2 rings (SSSR count). The molecule has 0 amide bonds. The number of rotatable bonds is 3. The van der Waals surface area contributed by atoms with Crippen molar-refractivity contribution in [3.05, 3.63) is 47.8 Å². The van der Waals surface area contributed by atoms with Gasteiger partial charge in [0.15, 0.2) is 0 Å². The van der Waals surface area contributed by atoms with E-state index in [4.69, 9.17) is 10.5 Å². The molecule has 18 heavy (non-hydrogen) atoms. The molecule has 0 bridgehead atoms. The third-order valence-electron chi connectivity index (χ3n) is 2.64. The Bertz CT molecular complexity index is 570. The van der Waals surface area contributed by atoms with Crippen LogP contribution in [0, 0.1) is 12.7 Å². The molecule has 0 aromatic heterocycles. The minimum atomic E-state index is -0.343. The smallest absolute Gasteiger partial charge is 0.128 e. The Kier molecular flexibility index (Phi) is 3.37. The summed E-state index contributed by atoms with van der Waals surface area (Å²) in [5.74, 6) is 0.135. The minimum Gasteiger partial charge on any atom is -0.497 e. The topological polar surface area (TPSA) is 47.3 Å². The van der Waals surface area contributed by atoms with E-state index < -0.39 is 0 Å². The number of halogens is 1. The third-order valence-corrected chi connectivity index (χ3v) is 2.64. The van der Waals surface area contributed by atoms with Gasteiger partial charge in [-0.1, -0.05) is 0 Å². The predicted molar refractivity (Wildman–Crippen MR) is 71.8 cm³/mol. The average molecular weight is 246 g/mol. The standard InChI is InChI=1S/C14H15FN2O/c1-9-5-11(16)3-4-14(9)17-12-6-10(15)7-13(8-12)18-2/h3-8,17H,16H2,1-2H3. The Morgan fingerprint density at radius 3 is 2.61 bits per heavy atom. The summed E-state index contributed by atoms with van der Waals surface area (Å²) in [4.78, 5) is 0. The van der Waals surface area contributed by atoms with Crippen molar-refractivity contribution >= 4 is 17.1 Å². The first-order valence-corrected chi connectivity index (χ1v) is 5.56. The minimum absolute atomic E-state index is 0.343. The first-order valence-electron chi connectivity index (χ1n) is 5.56. The highest BCUT2D eigenvalue weighted by Gasteiger charge is 2.03. The number of hydrogen-bond acceptors (Lipinski definition) is 3. The maximum absolute atomic E-state index is 13.3. The largest absolute Gasteiger partial charge is 0.497 e. The Hall–Kier alpha value is -2.23. The van der Waals surface area contributed by atoms with Crippen LogP contribution in [-0.2, 0) is 0 Å². The first kappa shape index (κ1) is 12.2. The summed E-state index contributed by atoms with van der Waals surface area (Å²) in [5, 5.41) is 3.14. The van der Waals surface area contributed by atoms with Gasteiger partial charge in [-0.3, -0.25) is 0 Å². The summed E-state index contributed by atoms with van der Waals surface area (Å²) < 4.78 is 18.4. The van der Waals surface area contributed by atoms with Gasteiger partial charge in [-0.2, -0.15) is 0 Å². The van der Waals surface area contributed by atoms with Crippen LogP contribution < -0.4 is 15.8 Å². The lowest BCUT2D eigenvalue weighted by Crippen LogP contribution is -1.96. The number of nitrogen functional groups attached to an aromatic ring is 1. The molecule has 0 atom stereocenters. The first-order chi connectivity index (χ1) is 8.58. The Morgan fingerprint density at radius 2 is 1.94 bits per heavy atom. The number of nitrogens with one attached hydrogen (secondary N) is 1. The van der Waals surface area contributed by atoms with Gasteiger partial charge in [0.25, 0.3) is 0 Å². The lowest BCUT2D eigenvalue weighted by Gasteiger charge is -2.11. The summed E-state index contributed by atoms with van der Waals surface area (Å²) in [6.45, 7) is 1.94. The Balaban J connectivity index is 2.30. The van der Waals surface area contributed by atoms with E-state index in [-0.39, 0.29) is 5.82 Å². The van der Waals surface area contributed by atoms with Crippen LogP contribution in [0.5, 0.6) is 5.75 Å². The molecular formula is C14H15FN2O. The zero-order chi connectivity index (χ0) is 13.1. The fourth-order valence-corrected chi connectivity index (χ4v) is 1.74. The predicted octanol–water partition coefficient (Wildman–Crippen LogP) is 3.47. The van der Waals surface area contributed by atoms with Crippen LogP contribution in [0.1, 0.15) is 5.56 Å². The number of aryl methyl sites for hydroxylation is 1. The Morgan fingerprint density at radius 1 is 1.17 bits per heavy atom. The van der Waals surface area contributed by atoms with Crippen molar-refractivity contribution in [3.63, 3.8) is 0 Å². The normalized spacial score (nSPS) is 10.2. The number of hydrogen-bond donors (Lipinski definition) is 2. The van der Waals surface area contributed by atoms with Crippen LogP contribution in [0.4, 0.5) is 21.5 Å². The number of anilines is 3. The molecular weight excluding hydrogens is 231 g/mol. The molecule has 2 aromatic carbocycles. The molecule has 4 heteroatoms. The maximum atomic E-state index is 13.3. The molecule has 2 aromatic rings. The summed E-state index contributed by atoms with van der Waals surface area (Å²) in [6.07, 6.45) is 0. The van der Waals surface area contributed by atoms with Crippen molar-refractivity contribution < 1.29 is 9.13 Å². The molecule has 0 aliphatic rings. The molecule has 94 valence electrons. The van der Waals surface area contributed by atoms with Crippen molar-refractivity contribution in [3.8, 4) is 5.75 Å². The second-order valence-corrected chi connectivity index (χ2v) is 4.08. The number of ether oxygens (including phenoxy) is 1. The summed E-state index contributed by atoms with van der Waals surface area (Å²) in [7, 11) is 1.51. The molecule has 0 unspecified atom stereocenters. The van der Waals surface area contributed by atoms with E-state index in [2.05, 4.69) is 5.32 Å². The monoisotopic (exact) mass is 246 g/mol. The average Bonchev–Trinajstić information content (AvgIpc) is 2.32. The van der Waals surface area contributed by atoms with Crippen molar-refractivity contribution in [2.45, 2.75) is 6.92 Å². The van der Waals surface area contributed by atoms with Gasteiger partial charge >= 0.3 is 0 Å². The van der Waals surface area contributed by atoms with Gasteiger partial charge in [0.1, 0.15) is 11.6 Å². The van der Waals surface area contributed by atoms with Crippen LogP contribution >= 0.6 is 0 Å². The van der Waals surface area contributed by atoms with Crippen molar-refractivity contribution in [2.75, 3.05) is 18.2 Å². The van der Waals surface area contributed by atoms with Crippen LogP contribution in [0.2, 0.25) is 0 Å². The molecule has 0 spiro atoms. The third kappa shape index (κ3) is 2.71. The van der Waals surface area contributed by atoms with Gasteiger partial charge in [0, 0.05) is 29.2 Å². The lowest BCUT2D eigenvalue weighted by atomic mass is 10.1. The zero-order valence-corrected chi connectivity index (χ0v) is 10.3. The van der Waals surface area contributed by atoms with Crippen molar-refractivity contribution in [1.29, 1.82) is 0 Å². The van der Waals surface area contributed by atoms with Crippen LogP contribution in [-0.4, -0.2) is 7.11 Å². The fraction of sp³-hybridized carbons (Fsp3) is 0.143. The Labute approximate surface area is 105 Å². The van der Waals surface area contributed by atoms with E-state index in [0.717, 1.165) is 11.3 Å². The molecule has 0 saturated heterocycles. The fourth-order valence-electron chi connectivity index (χ4n) is 1.74. The van der Waals surface area contributed by atoms with Gasteiger partial charge in [-0.15, -0.1) is 0 Å². The summed E-state index contributed by atoms with van der Waals surface area (Å²) in [6, 6.07) is 10.0. The second-order valence-electron chi connectivity index (χ2n) is 4.08. The zero-order valence-electron chi connectivity index (χ0n) is 10.3. The van der Waals surface area contributed by atoms with Crippen molar-refractivity contribution in [2.24, 2.45) is 0 Å². The van der Waals surface area contributed by atoms with Gasteiger partial charge in [0.2, 0.25) is 0 Å². The SMILES string of the molecule is COc1cc(F)cc(Nc2ccc(N)cc2C)c1. The quantitative estimate of drug-likeness (QED) is 0.815. The van der Waals surface area contributed by atoms with Crippen LogP contribution in [0.3, 0.4) is 0 Å². The van der Waals surface area contributed by atoms with Gasteiger partial charge in [-0.05, 0) is 36.8 Å². The molecule has 3 nitrogen and oxygen atoms in total. The highest BCUT2D eigenvalue weighted by Crippen LogP contribution is 2.26. The second kappa shape index (κ2) is 4.96. The number of benzene rings is 2. The van der Waals surface area contributed by atoms with Gasteiger partial charge in [-0.25, -0.2) is 4.39 Å². The van der Waals surface area contributed by atoms with Crippen LogP contribution in [0.25, 0.3) is 0 Å². The van der Waals surface area contributed by atoms with E-state index in [1.165, 1.54) is 19.2 Å². The van der Waals surface area contributed by atoms with E-state index in [0.29, 0.717) is 17.1 Å². The van der Waals surface area contributed by atoms with E-state index in [1.54, 1.807) is 12.1 Å². The van der Waals surface area contributed by atoms with Crippen molar-refractivity contribution in [1.82, 2.24) is 0 Å². The summed E-state index contributed by atoms with van der Waals surface area (Å²) in [5.41, 5.74) is 8.91. The van der Waals surface area contributed by atoms with Gasteiger partial charge < -0.3 is 15.8 Å². The molecule has 0 fully saturated rings. The van der Waals surface area contributed by atoms with Crippen LogP contribution in [0.15, 0.2) is 36.4 Å². The maximum Gasteiger partial charge on any atom is 0.128 e. The highest BCUT2D eigenvalue weighted by atomic mass is 19.1. The molecule has 0 radical (unpaired) electrons. The van der Waals surface area contributed by atoms with E-state index in [9.17, 15) is 4.39 Å². The van der Waals surface area contributed by atoms with Gasteiger partial charge in [0.05, 0.1) is 7.11 Å². The molecule has 0 saturated carbocycles. The molecule has 0 heterocycles.